The number of carbonyl (C=O) groups excluding carboxylic acids is 2. The summed E-state index contributed by atoms with van der Waals surface area (Å²) in [6.45, 7) is 4.43. The maximum Gasteiger partial charge on any atom is 0.247 e. The third kappa shape index (κ3) is 6.84. The molecule has 1 aliphatic rings. The Morgan fingerprint density at radius 1 is 1.12 bits per heavy atom. The largest absolute Gasteiger partial charge is 0.494 e. The molecule has 0 heterocycles. The SMILES string of the molecule is Cc1cc(OCCCC2=C(C(=O)NCCC(=O)NS(C)(=O)=O)Cc3ccccc32)cc(C)c1Cl. The molecule has 0 unspecified atom stereocenters. The highest BCUT2D eigenvalue weighted by atomic mass is 35.5. The zero-order valence-electron chi connectivity index (χ0n) is 19.5. The van der Waals surface area contributed by atoms with E-state index in [9.17, 15) is 18.0 Å². The molecule has 3 rings (SSSR count). The monoisotopic (exact) mass is 504 g/mol. The van der Waals surface area contributed by atoms with Gasteiger partial charge in [-0.2, -0.15) is 0 Å². The van der Waals surface area contributed by atoms with Gasteiger partial charge < -0.3 is 10.1 Å². The molecule has 2 aromatic rings. The van der Waals surface area contributed by atoms with Crippen LogP contribution in [0.5, 0.6) is 5.75 Å². The number of sulfonamides is 1. The van der Waals surface area contributed by atoms with Gasteiger partial charge in [0.1, 0.15) is 5.75 Å². The average Bonchev–Trinajstić information content (AvgIpc) is 3.12. The van der Waals surface area contributed by atoms with Crippen molar-refractivity contribution in [2.24, 2.45) is 0 Å². The summed E-state index contributed by atoms with van der Waals surface area (Å²) in [5.41, 5.74) is 5.72. The minimum Gasteiger partial charge on any atom is -0.494 e. The predicted octanol–water partition coefficient (Wildman–Crippen LogP) is 3.71. The molecule has 7 nitrogen and oxygen atoms in total. The predicted molar refractivity (Wildman–Crippen MR) is 133 cm³/mol. The van der Waals surface area contributed by atoms with Crippen molar-refractivity contribution in [2.75, 3.05) is 19.4 Å². The number of hydrogen-bond donors (Lipinski definition) is 2. The fourth-order valence-electron chi connectivity index (χ4n) is 4.01. The van der Waals surface area contributed by atoms with Gasteiger partial charge in [-0.1, -0.05) is 35.9 Å². The van der Waals surface area contributed by atoms with E-state index in [-0.39, 0.29) is 18.9 Å². The van der Waals surface area contributed by atoms with Crippen LogP contribution < -0.4 is 14.8 Å². The first-order valence-electron chi connectivity index (χ1n) is 11.0. The number of amides is 2. The quantitative estimate of drug-likeness (QED) is 0.480. The average molecular weight is 505 g/mol. The van der Waals surface area contributed by atoms with E-state index < -0.39 is 15.9 Å². The minimum absolute atomic E-state index is 0.0473. The van der Waals surface area contributed by atoms with E-state index in [4.69, 9.17) is 16.3 Å². The summed E-state index contributed by atoms with van der Waals surface area (Å²) in [7, 11) is -3.61. The van der Waals surface area contributed by atoms with E-state index in [1.165, 1.54) is 0 Å². The molecule has 182 valence electrons. The summed E-state index contributed by atoms with van der Waals surface area (Å²) >= 11 is 6.22. The molecule has 0 aliphatic heterocycles. The van der Waals surface area contributed by atoms with Crippen LogP contribution in [0.15, 0.2) is 42.0 Å². The minimum atomic E-state index is -3.61. The Bertz CT molecular complexity index is 1210. The maximum absolute atomic E-state index is 12.9. The topological polar surface area (TPSA) is 102 Å². The first kappa shape index (κ1) is 25.8. The molecular formula is C25H29ClN2O5S. The summed E-state index contributed by atoms with van der Waals surface area (Å²) in [4.78, 5) is 24.6. The second-order valence-corrected chi connectivity index (χ2v) is 10.5. The van der Waals surface area contributed by atoms with Gasteiger partial charge >= 0.3 is 0 Å². The highest BCUT2D eigenvalue weighted by Gasteiger charge is 2.25. The summed E-state index contributed by atoms with van der Waals surface area (Å²) in [5, 5.41) is 3.48. The van der Waals surface area contributed by atoms with Crippen molar-refractivity contribution in [3.63, 3.8) is 0 Å². The van der Waals surface area contributed by atoms with Gasteiger partial charge in [0.2, 0.25) is 21.8 Å². The first-order valence-corrected chi connectivity index (χ1v) is 13.3. The molecule has 0 spiro atoms. The number of fused-ring (bicyclic) bond motifs is 1. The van der Waals surface area contributed by atoms with Crippen LogP contribution in [0.4, 0.5) is 0 Å². The van der Waals surface area contributed by atoms with Gasteiger partial charge in [-0.25, -0.2) is 8.42 Å². The van der Waals surface area contributed by atoms with E-state index in [0.29, 0.717) is 25.0 Å². The first-order chi connectivity index (χ1) is 16.0. The number of aryl methyl sites for hydroxylation is 2. The third-order valence-electron chi connectivity index (χ3n) is 5.53. The van der Waals surface area contributed by atoms with Gasteiger partial charge in [-0.3, -0.25) is 14.3 Å². The van der Waals surface area contributed by atoms with E-state index >= 15 is 0 Å². The molecule has 2 amide bonds. The Labute approximate surface area is 205 Å². The van der Waals surface area contributed by atoms with Crippen LogP contribution in [0.1, 0.15) is 41.5 Å². The number of allylic oxidation sites excluding steroid dienone is 1. The van der Waals surface area contributed by atoms with Crippen LogP contribution >= 0.6 is 11.6 Å². The van der Waals surface area contributed by atoms with Crippen LogP contribution in [0.3, 0.4) is 0 Å². The van der Waals surface area contributed by atoms with Gasteiger partial charge in [0.15, 0.2) is 0 Å². The lowest BCUT2D eigenvalue weighted by Crippen LogP contribution is -2.34. The molecule has 0 bridgehead atoms. The molecule has 0 fully saturated rings. The molecule has 0 radical (unpaired) electrons. The van der Waals surface area contributed by atoms with Crippen molar-refractivity contribution in [1.82, 2.24) is 10.0 Å². The second kappa shape index (κ2) is 11.1. The number of ether oxygens (including phenoxy) is 1. The Balaban J connectivity index is 1.62. The third-order valence-corrected chi connectivity index (χ3v) is 6.73. The Hall–Kier alpha value is -2.84. The summed E-state index contributed by atoms with van der Waals surface area (Å²) in [5.74, 6) is -0.134. The summed E-state index contributed by atoms with van der Waals surface area (Å²) < 4.78 is 30.1. The molecule has 34 heavy (non-hydrogen) atoms. The zero-order chi connectivity index (χ0) is 24.9. The van der Waals surface area contributed by atoms with Crippen molar-refractivity contribution < 1.29 is 22.7 Å². The van der Waals surface area contributed by atoms with Crippen molar-refractivity contribution in [2.45, 2.75) is 39.5 Å². The molecule has 0 saturated heterocycles. The number of rotatable bonds is 10. The van der Waals surface area contributed by atoms with E-state index in [2.05, 4.69) is 5.32 Å². The molecule has 0 saturated carbocycles. The standard InChI is InChI=1S/C25H29ClN2O5S/c1-16-13-19(14-17(2)24(16)26)33-12-6-9-21-20-8-5-4-7-18(20)15-22(21)25(30)27-11-10-23(29)28-34(3,31)32/h4-5,7-8,13-14H,6,9-12,15H2,1-3H3,(H,27,30)(H,28,29). The molecule has 0 atom stereocenters. The normalized spacial score (nSPS) is 12.9. The Morgan fingerprint density at radius 2 is 1.79 bits per heavy atom. The highest BCUT2D eigenvalue weighted by molar-refractivity contribution is 7.89. The van der Waals surface area contributed by atoms with E-state index in [1.54, 1.807) is 0 Å². The van der Waals surface area contributed by atoms with Crippen LogP contribution in [0.2, 0.25) is 5.02 Å². The molecule has 1 aliphatic carbocycles. The number of nitrogens with one attached hydrogen (secondary N) is 2. The smallest absolute Gasteiger partial charge is 0.247 e. The number of halogens is 1. The lowest BCUT2D eigenvalue weighted by atomic mass is 10.0. The molecule has 2 N–H and O–H groups in total. The molecule has 0 aromatic heterocycles. The van der Waals surface area contributed by atoms with Gasteiger partial charge in [0.05, 0.1) is 12.9 Å². The van der Waals surface area contributed by atoms with Gasteiger partial charge in [-0.15, -0.1) is 0 Å². The highest BCUT2D eigenvalue weighted by Crippen LogP contribution is 2.36. The van der Waals surface area contributed by atoms with Crippen LogP contribution in [0, 0.1) is 13.8 Å². The van der Waals surface area contributed by atoms with E-state index in [1.807, 2.05) is 55.0 Å². The zero-order valence-corrected chi connectivity index (χ0v) is 21.1. The van der Waals surface area contributed by atoms with Crippen LogP contribution in [0.25, 0.3) is 5.57 Å². The van der Waals surface area contributed by atoms with Crippen molar-refractivity contribution >= 4 is 39.0 Å². The fourth-order valence-corrected chi connectivity index (χ4v) is 4.64. The lowest BCUT2D eigenvalue weighted by molar-refractivity contribution is -0.119. The van der Waals surface area contributed by atoms with Crippen molar-refractivity contribution in [3.8, 4) is 5.75 Å². The summed E-state index contributed by atoms with van der Waals surface area (Å²) in [6.07, 6.45) is 2.69. The van der Waals surface area contributed by atoms with E-state index in [0.717, 1.165) is 51.3 Å². The number of benzene rings is 2. The molecule has 9 heteroatoms. The van der Waals surface area contributed by atoms with Crippen molar-refractivity contribution in [1.29, 1.82) is 0 Å². The van der Waals surface area contributed by atoms with Gasteiger partial charge in [0, 0.05) is 30.0 Å². The van der Waals surface area contributed by atoms with Crippen molar-refractivity contribution in [3.05, 3.63) is 69.2 Å². The molecular weight excluding hydrogens is 476 g/mol. The Kier molecular flexibility index (Phi) is 8.38. The maximum atomic E-state index is 12.9. The molecule has 2 aromatic carbocycles. The number of carbonyl (C=O) groups is 2. The van der Waals surface area contributed by atoms with Crippen LogP contribution in [-0.2, 0) is 26.0 Å². The second-order valence-electron chi connectivity index (χ2n) is 8.42. The Morgan fingerprint density at radius 3 is 2.47 bits per heavy atom. The lowest BCUT2D eigenvalue weighted by Gasteiger charge is -2.12. The summed E-state index contributed by atoms with van der Waals surface area (Å²) in [6, 6.07) is 11.7. The fraction of sp³-hybridized carbons (Fsp3) is 0.360. The van der Waals surface area contributed by atoms with Gasteiger partial charge in [0.25, 0.3) is 0 Å². The number of hydrogen-bond acceptors (Lipinski definition) is 5. The van der Waals surface area contributed by atoms with Gasteiger partial charge in [-0.05, 0) is 66.6 Å². The van der Waals surface area contributed by atoms with Crippen LogP contribution in [-0.4, -0.2) is 39.6 Å².